The number of rotatable bonds is 8. The van der Waals surface area contributed by atoms with Gasteiger partial charge in [0.05, 0.1) is 28.9 Å². The van der Waals surface area contributed by atoms with Crippen LogP contribution >= 0.6 is 0 Å². The van der Waals surface area contributed by atoms with Gasteiger partial charge in [0.15, 0.2) is 17.3 Å². The van der Waals surface area contributed by atoms with Crippen molar-refractivity contribution in [2.45, 2.75) is 32.6 Å². The van der Waals surface area contributed by atoms with E-state index in [1.54, 1.807) is 31.1 Å². The van der Waals surface area contributed by atoms with Crippen LogP contribution in [0.3, 0.4) is 0 Å². The van der Waals surface area contributed by atoms with Crippen LogP contribution in [0.2, 0.25) is 0 Å². The van der Waals surface area contributed by atoms with E-state index in [2.05, 4.69) is 36.6 Å². The highest BCUT2D eigenvalue weighted by atomic mass is 16.5. The second-order valence-electron chi connectivity index (χ2n) is 9.86. The Balaban J connectivity index is 1.23. The van der Waals surface area contributed by atoms with Crippen molar-refractivity contribution in [2.24, 2.45) is 0 Å². The highest BCUT2D eigenvalue weighted by Crippen LogP contribution is 2.26. The molecule has 1 aliphatic heterocycles. The Morgan fingerprint density at radius 3 is 2.70 bits per heavy atom. The van der Waals surface area contributed by atoms with E-state index >= 15 is 0 Å². The predicted octanol–water partition coefficient (Wildman–Crippen LogP) is 3.20. The number of hydrogen-bond donors (Lipinski definition) is 2. The Morgan fingerprint density at radius 1 is 1.15 bits per heavy atom. The molecule has 0 aliphatic carbocycles. The third-order valence-corrected chi connectivity index (χ3v) is 6.97. The van der Waals surface area contributed by atoms with Gasteiger partial charge in [0.1, 0.15) is 18.2 Å². The lowest BCUT2D eigenvalue weighted by molar-refractivity contribution is -0.0340. The number of fused-ring (bicyclic) bond motifs is 1. The topological polar surface area (TPSA) is 143 Å². The molecule has 0 spiro atoms. The molecule has 202 valence electrons. The Bertz CT molecular complexity index is 1710. The summed E-state index contributed by atoms with van der Waals surface area (Å²) in [6.45, 7) is 6.10. The number of benzene rings is 1. The van der Waals surface area contributed by atoms with Crippen LogP contribution in [0.5, 0.6) is 0 Å². The molecule has 1 aromatic carbocycles. The summed E-state index contributed by atoms with van der Waals surface area (Å²) in [6.07, 6.45) is 1.25. The van der Waals surface area contributed by atoms with E-state index in [0.29, 0.717) is 29.1 Å². The largest absolute Gasteiger partial charge is 0.389 e. The van der Waals surface area contributed by atoms with Crippen LogP contribution in [-0.4, -0.2) is 70.8 Å². The molecule has 2 N–H and O–H groups in total. The van der Waals surface area contributed by atoms with Gasteiger partial charge in [-0.15, -0.1) is 5.10 Å². The average molecular weight is 537 g/mol. The van der Waals surface area contributed by atoms with E-state index in [4.69, 9.17) is 9.72 Å². The molecule has 0 saturated carbocycles. The van der Waals surface area contributed by atoms with E-state index in [1.807, 2.05) is 54.0 Å². The minimum Gasteiger partial charge on any atom is -0.389 e. The van der Waals surface area contributed by atoms with Gasteiger partial charge in [-0.3, -0.25) is 9.47 Å². The summed E-state index contributed by atoms with van der Waals surface area (Å²) in [5.41, 5.74) is 5.00. The number of nitrogens with one attached hydrogen (secondary N) is 1. The molecule has 0 amide bonds. The number of likely N-dealkylation sites (tertiary alicyclic amines) is 1. The highest BCUT2D eigenvalue weighted by Gasteiger charge is 2.26. The van der Waals surface area contributed by atoms with E-state index < -0.39 is 6.10 Å². The van der Waals surface area contributed by atoms with Gasteiger partial charge in [0.25, 0.3) is 0 Å². The van der Waals surface area contributed by atoms with Crippen LogP contribution in [0.25, 0.3) is 22.7 Å². The molecule has 40 heavy (non-hydrogen) atoms. The fourth-order valence-electron chi connectivity index (χ4n) is 4.78. The standard InChI is InChI=1S/C28H28N10O2/c1-17-10-21(12-29)35-38(17)28-23(18(2)39)6-9-27(32-28)37-16-30-24-11-19(4-7-25(24)37)31-26-8-5-20(33-34-26)13-36-14-22(15-36)40-3/h4-11,16,18,22,39H,13-15H2,1-3H3,(H,31,34). The molecule has 4 aromatic heterocycles. The number of aliphatic hydroxyl groups excluding tert-OH is 1. The van der Waals surface area contributed by atoms with Gasteiger partial charge in [-0.25, -0.2) is 14.6 Å². The van der Waals surface area contributed by atoms with Crippen LogP contribution in [0.15, 0.2) is 54.9 Å². The predicted molar refractivity (Wildman–Crippen MR) is 147 cm³/mol. The van der Waals surface area contributed by atoms with Crippen molar-refractivity contribution in [2.75, 3.05) is 25.5 Å². The zero-order valence-corrected chi connectivity index (χ0v) is 22.4. The summed E-state index contributed by atoms with van der Waals surface area (Å²) in [6, 6.07) is 17.1. The zero-order valence-electron chi connectivity index (χ0n) is 22.4. The number of imidazole rings is 1. The summed E-state index contributed by atoms with van der Waals surface area (Å²) < 4.78 is 8.78. The third kappa shape index (κ3) is 4.89. The van der Waals surface area contributed by atoms with E-state index in [9.17, 15) is 10.4 Å². The second-order valence-corrected chi connectivity index (χ2v) is 9.86. The van der Waals surface area contributed by atoms with Crippen molar-refractivity contribution in [3.63, 3.8) is 0 Å². The van der Waals surface area contributed by atoms with Crippen LogP contribution in [0.1, 0.15) is 35.7 Å². The first-order chi connectivity index (χ1) is 19.4. The van der Waals surface area contributed by atoms with Crippen molar-refractivity contribution >= 4 is 22.5 Å². The fraction of sp³-hybridized carbons (Fsp3) is 0.286. The maximum absolute atomic E-state index is 10.4. The molecular formula is C28H28N10O2. The SMILES string of the molecule is COC1CN(Cc2ccc(Nc3ccc4c(c3)ncn4-c3ccc(C(C)O)c(-n4nc(C#N)cc4C)n3)nn2)C1. The molecule has 1 fully saturated rings. The molecule has 12 heteroatoms. The van der Waals surface area contributed by atoms with Gasteiger partial charge in [-0.05, 0) is 62.4 Å². The van der Waals surface area contributed by atoms with Gasteiger partial charge in [0.2, 0.25) is 0 Å². The third-order valence-electron chi connectivity index (χ3n) is 6.97. The maximum atomic E-state index is 10.4. The summed E-state index contributed by atoms with van der Waals surface area (Å²) in [4.78, 5) is 11.7. The minimum atomic E-state index is -0.769. The lowest BCUT2D eigenvalue weighted by Crippen LogP contribution is -2.51. The quantitative estimate of drug-likeness (QED) is 0.303. The molecule has 1 aliphatic rings. The minimum absolute atomic E-state index is 0.282. The smallest absolute Gasteiger partial charge is 0.163 e. The molecule has 5 heterocycles. The summed E-state index contributed by atoms with van der Waals surface area (Å²) in [5, 5.41) is 36.0. The maximum Gasteiger partial charge on any atom is 0.163 e. The van der Waals surface area contributed by atoms with Gasteiger partial charge >= 0.3 is 0 Å². The first-order valence-corrected chi connectivity index (χ1v) is 12.9. The molecule has 6 rings (SSSR count). The van der Waals surface area contributed by atoms with Gasteiger partial charge in [-0.1, -0.05) is 0 Å². The van der Waals surface area contributed by atoms with Crippen molar-refractivity contribution < 1.29 is 9.84 Å². The number of ether oxygens (including phenoxy) is 1. The molecule has 5 aromatic rings. The van der Waals surface area contributed by atoms with E-state index in [1.165, 1.54) is 0 Å². The van der Waals surface area contributed by atoms with Gasteiger partial charge in [-0.2, -0.15) is 15.5 Å². The number of anilines is 2. The summed E-state index contributed by atoms with van der Waals surface area (Å²) in [7, 11) is 1.74. The first-order valence-electron chi connectivity index (χ1n) is 12.9. The molecule has 12 nitrogen and oxygen atoms in total. The monoisotopic (exact) mass is 536 g/mol. The van der Waals surface area contributed by atoms with Crippen molar-refractivity contribution in [3.05, 3.63) is 77.5 Å². The molecule has 1 saturated heterocycles. The summed E-state index contributed by atoms with van der Waals surface area (Å²) in [5.74, 6) is 1.71. The number of hydrogen-bond acceptors (Lipinski definition) is 10. The number of nitriles is 1. The Morgan fingerprint density at radius 2 is 2.00 bits per heavy atom. The Kier molecular flexibility index (Phi) is 6.69. The first kappa shape index (κ1) is 25.6. The molecular weight excluding hydrogens is 508 g/mol. The van der Waals surface area contributed by atoms with Crippen LogP contribution in [0.4, 0.5) is 11.5 Å². The van der Waals surface area contributed by atoms with Gasteiger partial charge < -0.3 is 15.2 Å². The van der Waals surface area contributed by atoms with Gasteiger partial charge in [0, 0.05) is 43.7 Å². The molecule has 1 unspecified atom stereocenters. The Hall–Kier alpha value is -4.70. The number of pyridine rings is 1. The number of aromatic nitrogens is 7. The van der Waals surface area contributed by atoms with Crippen LogP contribution in [-0.2, 0) is 11.3 Å². The molecule has 0 bridgehead atoms. The fourth-order valence-corrected chi connectivity index (χ4v) is 4.78. The number of nitrogens with zero attached hydrogens (tertiary/aromatic N) is 9. The number of aliphatic hydroxyl groups is 1. The number of methoxy groups -OCH3 is 1. The van der Waals surface area contributed by atoms with E-state index in [-0.39, 0.29) is 5.69 Å². The number of aryl methyl sites for hydroxylation is 1. The lowest BCUT2D eigenvalue weighted by Gasteiger charge is -2.37. The lowest BCUT2D eigenvalue weighted by atomic mass is 10.1. The van der Waals surface area contributed by atoms with Crippen LogP contribution in [0, 0.1) is 18.3 Å². The van der Waals surface area contributed by atoms with Crippen molar-refractivity contribution in [3.8, 4) is 17.7 Å². The van der Waals surface area contributed by atoms with E-state index in [0.717, 1.165) is 47.7 Å². The second kappa shape index (κ2) is 10.5. The van der Waals surface area contributed by atoms with Crippen LogP contribution < -0.4 is 5.32 Å². The zero-order chi connectivity index (χ0) is 27.8. The highest BCUT2D eigenvalue weighted by molar-refractivity contribution is 5.82. The summed E-state index contributed by atoms with van der Waals surface area (Å²) >= 11 is 0. The molecule has 1 atom stereocenters. The average Bonchev–Trinajstić information content (AvgIpc) is 3.53. The molecule has 0 radical (unpaired) electrons. The van der Waals surface area contributed by atoms with Crippen molar-refractivity contribution in [1.29, 1.82) is 5.26 Å². The Labute approximate surface area is 230 Å². The normalized spacial score (nSPS) is 14.7. The van der Waals surface area contributed by atoms with Crippen molar-refractivity contribution in [1.82, 2.24) is 39.4 Å².